The van der Waals surface area contributed by atoms with Crippen molar-refractivity contribution in [2.45, 2.75) is 13.8 Å². The van der Waals surface area contributed by atoms with Gasteiger partial charge in [0.1, 0.15) is 0 Å². The van der Waals surface area contributed by atoms with E-state index in [1.165, 1.54) is 0 Å². The lowest BCUT2D eigenvalue weighted by molar-refractivity contribution is -0.112. The van der Waals surface area contributed by atoms with Gasteiger partial charge in [-0.15, -0.1) is 0 Å². The van der Waals surface area contributed by atoms with Crippen molar-refractivity contribution < 1.29 is 4.79 Å². The van der Waals surface area contributed by atoms with Crippen LogP contribution < -0.4 is 5.32 Å². The highest BCUT2D eigenvalue weighted by atomic mass is 16.1. The summed E-state index contributed by atoms with van der Waals surface area (Å²) < 4.78 is 0. The number of ketones is 1. The molecule has 3 heteroatoms. The van der Waals surface area contributed by atoms with Gasteiger partial charge in [-0.05, 0) is 34.0 Å². The molecule has 0 atom stereocenters. The third kappa shape index (κ3) is 7.28. The maximum Gasteiger partial charge on any atom is 0.154 e. The summed E-state index contributed by atoms with van der Waals surface area (Å²) in [6.45, 7) is 5.31. The molecule has 1 N–H and O–H groups in total. The highest BCUT2D eigenvalue weighted by molar-refractivity contribution is 5.87. The minimum absolute atomic E-state index is 0.0878. The van der Waals surface area contributed by atoms with Gasteiger partial charge < -0.3 is 10.2 Å². The predicted octanol–water partition coefficient (Wildman–Crippen LogP) is 0.630. The molecule has 70 valence electrons. The van der Waals surface area contributed by atoms with E-state index in [0.29, 0.717) is 0 Å². The summed E-state index contributed by atoms with van der Waals surface area (Å²) in [6.07, 6.45) is 1.61. The SMILES string of the molecule is CC(=O)/C=C(\C)NCCN(C)C. The Bertz CT molecular complexity index is 173. The number of allylic oxidation sites excluding steroid dienone is 2. The van der Waals surface area contributed by atoms with E-state index >= 15 is 0 Å². The standard InChI is InChI=1S/C9H18N2O/c1-8(7-9(2)12)10-5-6-11(3)4/h7,10H,5-6H2,1-4H3/b8-7+. The van der Waals surface area contributed by atoms with Crippen LogP contribution in [0.2, 0.25) is 0 Å². The number of nitrogens with one attached hydrogen (secondary N) is 1. The Labute approximate surface area is 74.4 Å². The number of hydrogen-bond acceptors (Lipinski definition) is 3. The van der Waals surface area contributed by atoms with Crippen molar-refractivity contribution in [3.63, 3.8) is 0 Å². The fraction of sp³-hybridized carbons (Fsp3) is 0.667. The van der Waals surface area contributed by atoms with Crippen molar-refractivity contribution in [1.29, 1.82) is 0 Å². The van der Waals surface area contributed by atoms with E-state index in [2.05, 4.69) is 10.2 Å². The molecule has 3 nitrogen and oxygen atoms in total. The number of rotatable bonds is 5. The first-order valence-corrected chi connectivity index (χ1v) is 4.10. The van der Waals surface area contributed by atoms with Gasteiger partial charge in [0.25, 0.3) is 0 Å². The second kappa shape index (κ2) is 5.77. The van der Waals surface area contributed by atoms with Gasteiger partial charge in [0.05, 0.1) is 0 Å². The molecule has 0 bridgehead atoms. The lowest BCUT2D eigenvalue weighted by atomic mass is 10.3. The molecule has 0 aliphatic rings. The minimum atomic E-state index is 0.0878. The largest absolute Gasteiger partial charge is 0.387 e. The Hall–Kier alpha value is -0.830. The zero-order valence-corrected chi connectivity index (χ0v) is 8.35. The van der Waals surface area contributed by atoms with Crippen LogP contribution in [0.15, 0.2) is 11.8 Å². The normalized spacial score (nSPS) is 11.9. The van der Waals surface area contributed by atoms with Crippen molar-refractivity contribution in [2.75, 3.05) is 27.2 Å². The van der Waals surface area contributed by atoms with E-state index in [1.807, 2.05) is 21.0 Å². The monoisotopic (exact) mass is 170 g/mol. The molecule has 0 fully saturated rings. The van der Waals surface area contributed by atoms with E-state index in [0.717, 1.165) is 18.8 Å². The maximum atomic E-state index is 10.6. The van der Waals surface area contributed by atoms with Gasteiger partial charge in [-0.2, -0.15) is 0 Å². The van der Waals surface area contributed by atoms with E-state index < -0.39 is 0 Å². The van der Waals surface area contributed by atoms with Gasteiger partial charge in [-0.3, -0.25) is 4.79 Å². The summed E-state index contributed by atoms with van der Waals surface area (Å²) >= 11 is 0. The molecule has 0 aromatic carbocycles. The molecule has 0 rings (SSSR count). The van der Waals surface area contributed by atoms with Gasteiger partial charge in [-0.25, -0.2) is 0 Å². The molecule has 12 heavy (non-hydrogen) atoms. The number of likely N-dealkylation sites (N-methyl/N-ethyl adjacent to an activating group) is 1. The van der Waals surface area contributed by atoms with Crippen LogP contribution >= 0.6 is 0 Å². The lowest BCUT2D eigenvalue weighted by Crippen LogP contribution is -2.25. The Morgan fingerprint density at radius 2 is 2.00 bits per heavy atom. The van der Waals surface area contributed by atoms with Crippen LogP contribution in [0.5, 0.6) is 0 Å². The number of hydrogen-bond donors (Lipinski definition) is 1. The van der Waals surface area contributed by atoms with Crippen molar-refractivity contribution in [3.8, 4) is 0 Å². The first-order valence-electron chi connectivity index (χ1n) is 4.10. The molecular weight excluding hydrogens is 152 g/mol. The maximum absolute atomic E-state index is 10.6. The van der Waals surface area contributed by atoms with E-state index in [1.54, 1.807) is 13.0 Å². The Morgan fingerprint density at radius 3 is 2.42 bits per heavy atom. The van der Waals surface area contributed by atoms with Crippen LogP contribution in [0.4, 0.5) is 0 Å². The molecule has 0 radical (unpaired) electrons. The molecule has 0 aromatic rings. The Balaban J connectivity index is 3.57. The van der Waals surface area contributed by atoms with Crippen molar-refractivity contribution in [3.05, 3.63) is 11.8 Å². The molecule has 0 aromatic heterocycles. The van der Waals surface area contributed by atoms with Gasteiger partial charge in [0.15, 0.2) is 5.78 Å². The Kier molecular flexibility index (Phi) is 5.37. The molecule has 0 unspecified atom stereocenters. The zero-order valence-electron chi connectivity index (χ0n) is 8.35. The highest BCUT2D eigenvalue weighted by Crippen LogP contribution is 1.86. The quantitative estimate of drug-likeness (QED) is 0.614. The minimum Gasteiger partial charge on any atom is -0.387 e. The number of nitrogens with zero attached hydrogens (tertiary/aromatic N) is 1. The smallest absolute Gasteiger partial charge is 0.154 e. The fourth-order valence-corrected chi connectivity index (χ4v) is 0.833. The van der Waals surface area contributed by atoms with Crippen LogP contribution in [0.25, 0.3) is 0 Å². The molecule has 0 spiro atoms. The molecule has 0 heterocycles. The molecule has 0 saturated carbocycles. The molecule has 0 amide bonds. The van der Waals surface area contributed by atoms with Crippen molar-refractivity contribution in [1.82, 2.24) is 10.2 Å². The van der Waals surface area contributed by atoms with Gasteiger partial charge in [0.2, 0.25) is 0 Å². The molecule has 0 aliphatic heterocycles. The van der Waals surface area contributed by atoms with Gasteiger partial charge >= 0.3 is 0 Å². The van der Waals surface area contributed by atoms with E-state index in [4.69, 9.17) is 0 Å². The number of carbonyl (C=O) groups is 1. The predicted molar refractivity (Wildman–Crippen MR) is 51.0 cm³/mol. The van der Waals surface area contributed by atoms with Crippen LogP contribution in [0.1, 0.15) is 13.8 Å². The first-order chi connectivity index (χ1) is 5.52. The third-order valence-electron chi connectivity index (χ3n) is 1.38. The zero-order chi connectivity index (χ0) is 9.56. The van der Waals surface area contributed by atoms with E-state index in [9.17, 15) is 4.79 Å². The molecular formula is C9H18N2O. The third-order valence-corrected chi connectivity index (χ3v) is 1.38. The topological polar surface area (TPSA) is 32.3 Å². The first kappa shape index (κ1) is 11.2. The van der Waals surface area contributed by atoms with Crippen LogP contribution in [0.3, 0.4) is 0 Å². The van der Waals surface area contributed by atoms with E-state index in [-0.39, 0.29) is 5.78 Å². The average Bonchev–Trinajstić information content (AvgIpc) is 1.84. The highest BCUT2D eigenvalue weighted by Gasteiger charge is 1.91. The van der Waals surface area contributed by atoms with Gasteiger partial charge in [0, 0.05) is 18.8 Å². The van der Waals surface area contributed by atoms with Crippen LogP contribution in [-0.2, 0) is 4.79 Å². The number of carbonyl (C=O) groups excluding carboxylic acids is 1. The van der Waals surface area contributed by atoms with Crippen LogP contribution in [-0.4, -0.2) is 37.9 Å². The molecule has 0 aliphatic carbocycles. The summed E-state index contributed by atoms with van der Waals surface area (Å²) in [5.41, 5.74) is 0.935. The summed E-state index contributed by atoms with van der Waals surface area (Å²) in [5.74, 6) is 0.0878. The second-order valence-electron chi connectivity index (χ2n) is 3.17. The Morgan fingerprint density at radius 1 is 1.42 bits per heavy atom. The average molecular weight is 170 g/mol. The summed E-state index contributed by atoms with van der Waals surface area (Å²) in [7, 11) is 4.04. The summed E-state index contributed by atoms with van der Waals surface area (Å²) in [6, 6.07) is 0. The van der Waals surface area contributed by atoms with Crippen molar-refractivity contribution in [2.24, 2.45) is 0 Å². The second-order valence-corrected chi connectivity index (χ2v) is 3.17. The summed E-state index contributed by atoms with van der Waals surface area (Å²) in [4.78, 5) is 12.7. The summed E-state index contributed by atoms with van der Waals surface area (Å²) in [5, 5.41) is 3.14. The van der Waals surface area contributed by atoms with Crippen LogP contribution in [0, 0.1) is 0 Å². The molecule has 0 saturated heterocycles. The van der Waals surface area contributed by atoms with Gasteiger partial charge in [-0.1, -0.05) is 0 Å². The fourth-order valence-electron chi connectivity index (χ4n) is 0.833. The van der Waals surface area contributed by atoms with Crippen molar-refractivity contribution >= 4 is 5.78 Å². The lowest BCUT2D eigenvalue weighted by Gasteiger charge is -2.10.